The maximum atomic E-state index is 13.2. The second-order valence-electron chi connectivity index (χ2n) is 8.51. The van der Waals surface area contributed by atoms with Gasteiger partial charge < -0.3 is 15.1 Å². The molecule has 2 saturated carbocycles. The maximum Gasteiger partial charge on any atom is 0.279 e. The Morgan fingerprint density at radius 2 is 2.00 bits per heavy atom. The molecule has 0 aromatic heterocycles. The van der Waals surface area contributed by atoms with Crippen molar-refractivity contribution < 1.29 is 18.9 Å². The molecule has 0 unspecified atom stereocenters. The second-order valence-corrected chi connectivity index (χ2v) is 8.51. The molecule has 2 bridgehead atoms. The Bertz CT molecular complexity index is 702. The number of amides is 2. The van der Waals surface area contributed by atoms with Crippen LogP contribution in [-0.4, -0.2) is 49.4 Å². The van der Waals surface area contributed by atoms with Crippen LogP contribution in [0.3, 0.4) is 0 Å². The monoisotopic (exact) mass is 374 g/mol. The molecule has 0 spiro atoms. The smallest absolute Gasteiger partial charge is 0.279 e. The van der Waals surface area contributed by atoms with Gasteiger partial charge in [0.15, 0.2) is 6.54 Å². The van der Waals surface area contributed by atoms with E-state index >= 15 is 0 Å². The van der Waals surface area contributed by atoms with E-state index in [1.54, 1.807) is 12.1 Å². The maximum absolute atomic E-state index is 13.2. The van der Waals surface area contributed by atoms with Crippen LogP contribution in [0.2, 0.25) is 0 Å². The molecule has 1 saturated heterocycles. The number of carbonyl (C=O) groups is 2. The number of carbonyl (C=O) groups excluding carboxylic acids is 2. The summed E-state index contributed by atoms with van der Waals surface area (Å²) in [5, 5.41) is 2.75. The number of hydrogen-bond acceptors (Lipinski definition) is 2. The number of halogens is 1. The Morgan fingerprint density at radius 1 is 1.19 bits per heavy atom. The van der Waals surface area contributed by atoms with E-state index in [9.17, 15) is 14.0 Å². The molecular weight excluding hydrogens is 345 g/mol. The Balaban J connectivity index is 1.19. The lowest BCUT2D eigenvalue weighted by Gasteiger charge is -2.33. The third kappa shape index (κ3) is 4.49. The molecule has 6 heteroatoms. The van der Waals surface area contributed by atoms with Gasteiger partial charge >= 0.3 is 0 Å². The first-order valence-electron chi connectivity index (χ1n) is 10.2. The molecular formula is C21H29FN3O2+. The Kier molecular flexibility index (Phi) is 5.43. The number of nitrogens with one attached hydrogen (secondary N) is 2. The zero-order valence-corrected chi connectivity index (χ0v) is 15.8. The molecule has 3 fully saturated rings. The molecule has 5 nitrogen and oxygen atoms in total. The van der Waals surface area contributed by atoms with Crippen molar-refractivity contribution in [1.29, 1.82) is 0 Å². The normalized spacial score (nSPS) is 27.7. The van der Waals surface area contributed by atoms with Crippen LogP contribution in [0.4, 0.5) is 10.1 Å². The highest BCUT2D eigenvalue weighted by Gasteiger charge is 2.41. The van der Waals surface area contributed by atoms with Crippen molar-refractivity contribution in [3.05, 3.63) is 30.1 Å². The first-order chi connectivity index (χ1) is 13.1. The van der Waals surface area contributed by atoms with Crippen molar-refractivity contribution in [1.82, 2.24) is 4.90 Å². The van der Waals surface area contributed by atoms with E-state index in [1.807, 2.05) is 4.90 Å². The van der Waals surface area contributed by atoms with Gasteiger partial charge in [0.2, 0.25) is 5.91 Å². The number of piperazine rings is 1. The van der Waals surface area contributed by atoms with Gasteiger partial charge in [0, 0.05) is 12.1 Å². The minimum absolute atomic E-state index is 0.114. The molecule has 4 rings (SSSR count). The quantitative estimate of drug-likeness (QED) is 0.817. The summed E-state index contributed by atoms with van der Waals surface area (Å²) < 4.78 is 13.2. The average Bonchev–Trinajstić information content (AvgIpc) is 3.25. The molecule has 3 atom stereocenters. The fraction of sp³-hybridized carbons (Fsp3) is 0.619. The summed E-state index contributed by atoms with van der Waals surface area (Å²) in [6, 6.07) is 5.94. The van der Waals surface area contributed by atoms with E-state index in [2.05, 4.69) is 5.32 Å². The van der Waals surface area contributed by atoms with E-state index in [0.717, 1.165) is 44.4 Å². The summed E-state index contributed by atoms with van der Waals surface area (Å²) in [6.45, 7) is 3.38. The molecule has 1 aromatic rings. The first kappa shape index (κ1) is 18.4. The van der Waals surface area contributed by atoms with Crippen LogP contribution in [0.15, 0.2) is 24.3 Å². The highest BCUT2D eigenvalue weighted by molar-refractivity contribution is 5.91. The van der Waals surface area contributed by atoms with Crippen molar-refractivity contribution >= 4 is 17.5 Å². The minimum Gasteiger partial charge on any atom is -0.331 e. The molecule has 2 aliphatic carbocycles. The lowest BCUT2D eigenvalue weighted by atomic mass is 9.86. The summed E-state index contributed by atoms with van der Waals surface area (Å²) in [4.78, 5) is 28.0. The third-order valence-corrected chi connectivity index (χ3v) is 6.66. The first-order valence-corrected chi connectivity index (χ1v) is 10.2. The Morgan fingerprint density at radius 3 is 2.67 bits per heavy atom. The van der Waals surface area contributed by atoms with E-state index in [4.69, 9.17) is 0 Å². The standard InChI is InChI=1S/C21H28FN3O2/c22-18-2-1-3-19(13-18)23-20(26)14-24-6-8-25(9-7-24)21(27)12-17-11-15-4-5-16(17)10-15/h1-3,13,15-17H,4-12,14H2,(H,23,26)/p+1/t15-,16-,17+/m1/s1. The predicted molar refractivity (Wildman–Crippen MR) is 101 cm³/mol. The van der Waals surface area contributed by atoms with Gasteiger partial charge in [-0.2, -0.15) is 0 Å². The predicted octanol–water partition coefficient (Wildman–Crippen LogP) is 1.32. The summed E-state index contributed by atoms with van der Waals surface area (Å²) in [5.74, 6) is 2.11. The van der Waals surface area contributed by atoms with Gasteiger partial charge in [-0.15, -0.1) is 0 Å². The number of quaternary nitrogens is 1. The van der Waals surface area contributed by atoms with Gasteiger partial charge in [-0.05, 0) is 55.2 Å². The largest absolute Gasteiger partial charge is 0.331 e. The highest BCUT2D eigenvalue weighted by Crippen LogP contribution is 2.49. The minimum atomic E-state index is -0.359. The topological polar surface area (TPSA) is 53.9 Å². The number of rotatable bonds is 5. The Labute approximate surface area is 159 Å². The molecule has 1 aromatic carbocycles. The molecule has 2 N–H and O–H groups in total. The van der Waals surface area contributed by atoms with E-state index in [-0.39, 0.29) is 11.7 Å². The van der Waals surface area contributed by atoms with E-state index < -0.39 is 0 Å². The number of nitrogens with zero attached hydrogens (tertiary/aromatic N) is 1. The molecule has 3 aliphatic rings. The Hall–Kier alpha value is -1.95. The van der Waals surface area contributed by atoms with Crippen LogP contribution in [0.1, 0.15) is 32.1 Å². The average molecular weight is 374 g/mol. The van der Waals surface area contributed by atoms with Crippen molar-refractivity contribution in [3.63, 3.8) is 0 Å². The van der Waals surface area contributed by atoms with Crippen LogP contribution < -0.4 is 10.2 Å². The highest BCUT2D eigenvalue weighted by atomic mass is 19.1. The van der Waals surface area contributed by atoms with Gasteiger partial charge in [-0.1, -0.05) is 12.5 Å². The van der Waals surface area contributed by atoms with Crippen LogP contribution in [0, 0.1) is 23.6 Å². The van der Waals surface area contributed by atoms with Crippen molar-refractivity contribution in [2.24, 2.45) is 17.8 Å². The van der Waals surface area contributed by atoms with E-state index in [1.165, 1.54) is 42.7 Å². The zero-order valence-electron chi connectivity index (χ0n) is 15.8. The van der Waals surface area contributed by atoms with Crippen LogP contribution in [-0.2, 0) is 9.59 Å². The molecule has 1 aliphatic heterocycles. The molecule has 27 heavy (non-hydrogen) atoms. The third-order valence-electron chi connectivity index (χ3n) is 6.66. The second kappa shape index (κ2) is 7.97. The van der Waals surface area contributed by atoms with Crippen LogP contribution in [0.5, 0.6) is 0 Å². The summed E-state index contributed by atoms with van der Waals surface area (Å²) in [7, 11) is 0. The SMILES string of the molecule is O=C(C[NH+]1CCN(C(=O)C[C@@H]2C[C@@H]3CC[C@@H]2C3)CC1)Nc1cccc(F)c1. The van der Waals surface area contributed by atoms with Crippen LogP contribution >= 0.6 is 0 Å². The van der Waals surface area contributed by atoms with Crippen LogP contribution in [0.25, 0.3) is 0 Å². The fourth-order valence-corrected chi connectivity index (χ4v) is 5.23. The molecule has 1 heterocycles. The van der Waals surface area contributed by atoms with Gasteiger partial charge in [-0.3, -0.25) is 9.59 Å². The molecule has 146 valence electrons. The number of anilines is 1. The zero-order chi connectivity index (χ0) is 18.8. The summed E-state index contributed by atoms with van der Waals surface area (Å²) in [5.41, 5.74) is 0.485. The van der Waals surface area contributed by atoms with Gasteiger partial charge in [-0.25, -0.2) is 4.39 Å². The van der Waals surface area contributed by atoms with Crippen molar-refractivity contribution in [2.45, 2.75) is 32.1 Å². The van der Waals surface area contributed by atoms with Gasteiger partial charge in [0.1, 0.15) is 5.82 Å². The van der Waals surface area contributed by atoms with Gasteiger partial charge in [0.25, 0.3) is 5.91 Å². The lowest BCUT2D eigenvalue weighted by molar-refractivity contribution is -0.895. The lowest BCUT2D eigenvalue weighted by Crippen LogP contribution is -3.15. The summed E-state index contributed by atoms with van der Waals surface area (Å²) >= 11 is 0. The fourth-order valence-electron chi connectivity index (χ4n) is 5.23. The number of benzene rings is 1. The number of fused-ring (bicyclic) bond motifs is 2. The molecule has 0 radical (unpaired) electrons. The molecule has 2 amide bonds. The van der Waals surface area contributed by atoms with Gasteiger partial charge in [0.05, 0.1) is 26.2 Å². The van der Waals surface area contributed by atoms with Crippen molar-refractivity contribution in [3.8, 4) is 0 Å². The van der Waals surface area contributed by atoms with Crippen molar-refractivity contribution in [2.75, 3.05) is 38.0 Å². The van der Waals surface area contributed by atoms with E-state index in [0.29, 0.717) is 24.1 Å². The number of hydrogen-bond donors (Lipinski definition) is 2. The summed E-state index contributed by atoms with van der Waals surface area (Å²) in [6.07, 6.45) is 6.00.